The highest BCUT2D eigenvalue weighted by atomic mass is 16.6. The van der Waals surface area contributed by atoms with E-state index in [0.29, 0.717) is 13.1 Å². The average Bonchev–Trinajstić information content (AvgIpc) is 2.83. The first-order valence-electron chi connectivity index (χ1n) is 6.83. The van der Waals surface area contributed by atoms with Crippen LogP contribution in [-0.4, -0.2) is 20.0 Å². The summed E-state index contributed by atoms with van der Waals surface area (Å²) in [7, 11) is 0. The summed E-state index contributed by atoms with van der Waals surface area (Å²) < 4.78 is 2.00. The molecule has 112 valence electrons. The van der Waals surface area contributed by atoms with Gasteiger partial charge < -0.3 is 9.88 Å². The third kappa shape index (κ3) is 4.39. The fraction of sp³-hybridized carbons (Fsp3) is 0.400. The molecule has 0 spiro atoms. The summed E-state index contributed by atoms with van der Waals surface area (Å²) in [4.78, 5) is 14.8. The normalized spacial score (nSPS) is 11.6. The molecule has 0 saturated carbocycles. The third-order valence-electron chi connectivity index (χ3n) is 3.05. The van der Waals surface area contributed by atoms with Gasteiger partial charge in [0.05, 0.1) is 11.5 Å². The summed E-state index contributed by atoms with van der Waals surface area (Å²) in [5, 5.41) is 14.2. The molecule has 0 saturated heterocycles. The Hall–Kier alpha value is -2.21. The van der Waals surface area contributed by atoms with E-state index in [2.05, 4.69) is 31.1 Å². The Kier molecular flexibility index (Phi) is 4.37. The van der Waals surface area contributed by atoms with Gasteiger partial charge in [-0.05, 0) is 26.3 Å². The monoisotopic (exact) mass is 288 g/mol. The number of nitro benzene ring substituents is 1. The van der Waals surface area contributed by atoms with Crippen molar-refractivity contribution in [1.82, 2.24) is 14.9 Å². The van der Waals surface area contributed by atoms with Crippen LogP contribution in [0.1, 0.15) is 32.2 Å². The highest BCUT2D eigenvalue weighted by molar-refractivity contribution is 5.34. The van der Waals surface area contributed by atoms with Gasteiger partial charge in [-0.25, -0.2) is 4.98 Å². The summed E-state index contributed by atoms with van der Waals surface area (Å²) in [5.74, 6) is 0.913. The summed E-state index contributed by atoms with van der Waals surface area (Å²) in [5.41, 5.74) is 1.02. The van der Waals surface area contributed by atoms with Crippen molar-refractivity contribution in [2.45, 2.75) is 39.4 Å². The van der Waals surface area contributed by atoms with Crippen LogP contribution >= 0.6 is 0 Å². The second kappa shape index (κ2) is 6.05. The Morgan fingerprint density at radius 1 is 1.38 bits per heavy atom. The summed E-state index contributed by atoms with van der Waals surface area (Å²) in [6.45, 7) is 7.52. The van der Waals surface area contributed by atoms with Gasteiger partial charge in [-0.3, -0.25) is 10.1 Å². The van der Waals surface area contributed by atoms with Crippen LogP contribution in [0.3, 0.4) is 0 Å². The Morgan fingerprint density at radius 3 is 2.81 bits per heavy atom. The predicted octanol–water partition coefficient (Wildman–Crippen LogP) is 2.73. The van der Waals surface area contributed by atoms with Crippen LogP contribution in [0.4, 0.5) is 5.69 Å². The summed E-state index contributed by atoms with van der Waals surface area (Å²) in [6, 6.07) is 6.69. The van der Waals surface area contributed by atoms with E-state index in [1.165, 1.54) is 6.07 Å². The molecule has 1 aromatic heterocycles. The van der Waals surface area contributed by atoms with Gasteiger partial charge >= 0.3 is 0 Å². The summed E-state index contributed by atoms with van der Waals surface area (Å²) >= 11 is 0. The fourth-order valence-corrected chi connectivity index (χ4v) is 1.96. The van der Waals surface area contributed by atoms with Gasteiger partial charge in [-0.2, -0.15) is 0 Å². The lowest BCUT2D eigenvalue weighted by molar-refractivity contribution is -0.384. The average molecular weight is 288 g/mol. The molecule has 0 aliphatic rings. The smallest absolute Gasteiger partial charge is 0.269 e. The van der Waals surface area contributed by atoms with Gasteiger partial charge in [-0.15, -0.1) is 0 Å². The molecular weight excluding hydrogens is 268 g/mol. The molecule has 1 N–H and O–H groups in total. The highest BCUT2D eigenvalue weighted by Crippen LogP contribution is 2.15. The van der Waals surface area contributed by atoms with Gasteiger partial charge in [0, 0.05) is 36.6 Å². The lowest BCUT2D eigenvalue weighted by Crippen LogP contribution is -2.36. The van der Waals surface area contributed by atoms with Crippen molar-refractivity contribution in [2.75, 3.05) is 0 Å². The number of hydrogen-bond acceptors (Lipinski definition) is 4. The fourth-order valence-electron chi connectivity index (χ4n) is 1.96. The van der Waals surface area contributed by atoms with E-state index in [-0.39, 0.29) is 16.1 Å². The Balaban J connectivity index is 2.12. The molecule has 0 bridgehead atoms. The van der Waals surface area contributed by atoms with Crippen LogP contribution in [0.2, 0.25) is 0 Å². The standard InChI is InChI=1S/C15H20N4O2/c1-15(2,3)17-10-14-16-7-8-18(14)11-12-5-4-6-13(9-12)19(20)21/h4-9,17H,10-11H2,1-3H3. The van der Waals surface area contributed by atoms with Gasteiger partial charge in [0.1, 0.15) is 5.82 Å². The first-order chi connectivity index (χ1) is 9.85. The number of nitrogens with zero attached hydrogens (tertiary/aromatic N) is 3. The van der Waals surface area contributed by atoms with E-state index in [4.69, 9.17) is 0 Å². The first-order valence-corrected chi connectivity index (χ1v) is 6.83. The van der Waals surface area contributed by atoms with E-state index in [1.54, 1.807) is 18.3 Å². The zero-order valence-corrected chi connectivity index (χ0v) is 12.5. The van der Waals surface area contributed by atoms with E-state index < -0.39 is 0 Å². The molecule has 6 heteroatoms. The zero-order chi connectivity index (χ0) is 15.5. The lowest BCUT2D eigenvalue weighted by Gasteiger charge is -2.20. The van der Waals surface area contributed by atoms with Gasteiger partial charge in [0.2, 0.25) is 0 Å². The first kappa shape index (κ1) is 15.2. The number of nitro groups is 1. The van der Waals surface area contributed by atoms with Gasteiger partial charge in [-0.1, -0.05) is 12.1 Å². The van der Waals surface area contributed by atoms with Crippen molar-refractivity contribution in [3.63, 3.8) is 0 Å². The van der Waals surface area contributed by atoms with Crippen LogP contribution in [0.5, 0.6) is 0 Å². The predicted molar refractivity (Wildman–Crippen MR) is 81.0 cm³/mol. The van der Waals surface area contributed by atoms with Crippen LogP contribution in [0.25, 0.3) is 0 Å². The molecule has 0 aliphatic heterocycles. The highest BCUT2D eigenvalue weighted by Gasteiger charge is 2.12. The topological polar surface area (TPSA) is 73.0 Å². The largest absolute Gasteiger partial charge is 0.329 e. The quantitative estimate of drug-likeness (QED) is 0.678. The zero-order valence-electron chi connectivity index (χ0n) is 12.5. The Bertz CT molecular complexity index is 629. The van der Waals surface area contributed by atoms with Crippen molar-refractivity contribution in [1.29, 1.82) is 0 Å². The maximum atomic E-state index is 10.8. The van der Waals surface area contributed by atoms with Crippen molar-refractivity contribution in [3.05, 3.63) is 58.2 Å². The molecule has 0 radical (unpaired) electrons. The second-order valence-electron chi connectivity index (χ2n) is 6.00. The minimum atomic E-state index is -0.376. The molecule has 21 heavy (non-hydrogen) atoms. The lowest BCUT2D eigenvalue weighted by atomic mass is 10.1. The molecule has 0 amide bonds. The molecule has 2 rings (SSSR count). The Labute approximate surface area is 124 Å². The third-order valence-corrected chi connectivity index (χ3v) is 3.05. The maximum Gasteiger partial charge on any atom is 0.269 e. The van der Waals surface area contributed by atoms with Gasteiger partial charge in [0.15, 0.2) is 0 Å². The van der Waals surface area contributed by atoms with E-state index in [0.717, 1.165) is 11.4 Å². The van der Waals surface area contributed by atoms with Crippen molar-refractivity contribution >= 4 is 5.69 Å². The molecule has 0 unspecified atom stereocenters. The molecule has 0 atom stereocenters. The molecule has 0 aliphatic carbocycles. The molecule has 2 aromatic rings. The molecular formula is C15H20N4O2. The van der Waals surface area contributed by atoms with E-state index in [9.17, 15) is 10.1 Å². The van der Waals surface area contributed by atoms with Crippen LogP contribution in [-0.2, 0) is 13.1 Å². The minimum absolute atomic E-state index is 0.0162. The van der Waals surface area contributed by atoms with Crippen molar-refractivity contribution in [3.8, 4) is 0 Å². The Morgan fingerprint density at radius 2 is 2.14 bits per heavy atom. The molecule has 1 heterocycles. The summed E-state index contributed by atoms with van der Waals surface area (Å²) in [6.07, 6.45) is 3.63. The number of nitrogens with one attached hydrogen (secondary N) is 1. The number of rotatable bonds is 5. The maximum absolute atomic E-state index is 10.8. The second-order valence-corrected chi connectivity index (χ2v) is 6.00. The number of non-ortho nitro benzene ring substituents is 1. The molecule has 0 fully saturated rings. The van der Waals surface area contributed by atoms with Crippen LogP contribution in [0, 0.1) is 10.1 Å². The van der Waals surface area contributed by atoms with Crippen LogP contribution < -0.4 is 5.32 Å². The minimum Gasteiger partial charge on any atom is -0.329 e. The number of imidazole rings is 1. The van der Waals surface area contributed by atoms with Crippen LogP contribution in [0.15, 0.2) is 36.7 Å². The van der Waals surface area contributed by atoms with Crippen molar-refractivity contribution in [2.24, 2.45) is 0 Å². The van der Waals surface area contributed by atoms with Gasteiger partial charge in [0.25, 0.3) is 5.69 Å². The van der Waals surface area contributed by atoms with E-state index >= 15 is 0 Å². The van der Waals surface area contributed by atoms with E-state index in [1.807, 2.05) is 16.8 Å². The SMILES string of the molecule is CC(C)(C)NCc1nccn1Cc1cccc([N+](=O)[O-])c1. The number of benzene rings is 1. The number of aromatic nitrogens is 2. The van der Waals surface area contributed by atoms with Crippen molar-refractivity contribution < 1.29 is 4.92 Å². The number of hydrogen-bond donors (Lipinski definition) is 1. The molecule has 6 nitrogen and oxygen atoms in total. The molecule has 1 aromatic carbocycles.